The van der Waals surface area contributed by atoms with Gasteiger partial charge in [-0.25, -0.2) is 9.48 Å². The van der Waals surface area contributed by atoms with Crippen LogP contribution < -0.4 is 4.74 Å². The summed E-state index contributed by atoms with van der Waals surface area (Å²) in [4.78, 5) is 11.1. The molecule has 17 heavy (non-hydrogen) atoms. The second-order valence-corrected chi connectivity index (χ2v) is 4.23. The molecule has 0 spiro atoms. The topological polar surface area (TPSA) is 73.6 Å². The van der Waals surface area contributed by atoms with Crippen LogP contribution in [0.4, 0.5) is 0 Å². The third-order valence-electron chi connectivity index (χ3n) is 2.86. The van der Waals surface area contributed by atoms with E-state index >= 15 is 0 Å². The second-order valence-electron chi connectivity index (χ2n) is 4.23. The summed E-state index contributed by atoms with van der Waals surface area (Å²) < 4.78 is 12.3. The maximum Gasteiger partial charge on any atom is 0.343 e. The number of carboxylic acids is 1. The van der Waals surface area contributed by atoms with Gasteiger partial charge in [0.1, 0.15) is 5.56 Å². The van der Waals surface area contributed by atoms with E-state index in [2.05, 4.69) is 5.10 Å². The number of ether oxygens (including phenoxy) is 2. The summed E-state index contributed by atoms with van der Waals surface area (Å²) in [5.74, 6) is -0.345. The van der Waals surface area contributed by atoms with E-state index in [1.54, 1.807) is 14.0 Å². The van der Waals surface area contributed by atoms with E-state index in [0.717, 1.165) is 13.0 Å². The minimum atomic E-state index is -1.01. The minimum Gasteiger partial charge on any atom is -0.477 e. The van der Waals surface area contributed by atoms with Crippen LogP contribution in [0, 0.1) is 12.8 Å². The highest BCUT2D eigenvalue weighted by Crippen LogP contribution is 2.23. The molecule has 1 fully saturated rings. The van der Waals surface area contributed by atoms with Crippen molar-refractivity contribution in [1.29, 1.82) is 0 Å². The minimum absolute atomic E-state index is 0.145. The summed E-state index contributed by atoms with van der Waals surface area (Å²) in [5.41, 5.74) is 0.615. The van der Waals surface area contributed by atoms with Gasteiger partial charge in [0.2, 0.25) is 5.88 Å². The fraction of sp³-hybridized carbons (Fsp3) is 0.636. The number of carbonyl (C=O) groups is 1. The fourth-order valence-corrected chi connectivity index (χ4v) is 1.96. The van der Waals surface area contributed by atoms with E-state index in [0.29, 0.717) is 30.7 Å². The van der Waals surface area contributed by atoms with E-state index in [9.17, 15) is 4.79 Å². The Morgan fingerprint density at radius 1 is 1.71 bits per heavy atom. The Morgan fingerprint density at radius 2 is 2.47 bits per heavy atom. The molecule has 1 aliphatic rings. The van der Waals surface area contributed by atoms with Gasteiger partial charge in [-0.05, 0) is 13.3 Å². The van der Waals surface area contributed by atoms with Gasteiger partial charge >= 0.3 is 5.97 Å². The van der Waals surface area contributed by atoms with Crippen molar-refractivity contribution in [1.82, 2.24) is 9.78 Å². The van der Waals surface area contributed by atoms with Gasteiger partial charge < -0.3 is 14.6 Å². The summed E-state index contributed by atoms with van der Waals surface area (Å²) in [5, 5.41) is 13.2. The number of hydrogen-bond donors (Lipinski definition) is 1. The maximum atomic E-state index is 11.1. The van der Waals surface area contributed by atoms with Crippen molar-refractivity contribution in [2.45, 2.75) is 13.3 Å². The maximum absolute atomic E-state index is 11.1. The zero-order chi connectivity index (χ0) is 12.4. The Bertz CT molecular complexity index is 421. The molecule has 0 radical (unpaired) electrons. The third kappa shape index (κ3) is 2.41. The Hall–Kier alpha value is -1.56. The standard InChI is InChI=1S/C11H16N2O4/c1-7-9(11(14)15)10(13(2)12-7)17-6-8-3-4-16-5-8/h8H,3-6H2,1-2H3,(H,14,15). The Kier molecular flexibility index (Phi) is 3.33. The summed E-state index contributed by atoms with van der Waals surface area (Å²) >= 11 is 0. The molecule has 0 amide bonds. The normalized spacial score (nSPS) is 19.5. The molecule has 1 aromatic rings. The average Bonchev–Trinajstić information content (AvgIpc) is 2.83. The van der Waals surface area contributed by atoms with Gasteiger partial charge in [-0.2, -0.15) is 5.10 Å². The van der Waals surface area contributed by atoms with Crippen LogP contribution in [0.5, 0.6) is 5.88 Å². The van der Waals surface area contributed by atoms with Crippen molar-refractivity contribution < 1.29 is 19.4 Å². The lowest BCUT2D eigenvalue weighted by molar-refractivity contribution is 0.0689. The van der Waals surface area contributed by atoms with E-state index in [-0.39, 0.29) is 5.56 Å². The highest BCUT2D eigenvalue weighted by atomic mass is 16.5. The number of carboxylic acid groups (broad SMARTS) is 1. The van der Waals surface area contributed by atoms with Crippen LogP contribution in [0.3, 0.4) is 0 Å². The van der Waals surface area contributed by atoms with E-state index < -0.39 is 5.97 Å². The molecule has 0 bridgehead atoms. The van der Waals surface area contributed by atoms with E-state index in [4.69, 9.17) is 14.6 Å². The van der Waals surface area contributed by atoms with Crippen LogP contribution >= 0.6 is 0 Å². The lowest BCUT2D eigenvalue weighted by atomic mass is 10.1. The van der Waals surface area contributed by atoms with Gasteiger partial charge in [0, 0.05) is 19.6 Å². The van der Waals surface area contributed by atoms with Crippen molar-refractivity contribution in [2.24, 2.45) is 13.0 Å². The predicted molar refractivity (Wildman–Crippen MR) is 59.3 cm³/mol. The van der Waals surface area contributed by atoms with Gasteiger partial charge in [-0.3, -0.25) is 0 Å². The number of aryl methyl sites for hydroxylation is 2. The van der Waals surface area contributed by atoms with Crippen molar-refractivity contribution in [3.8, 4) is 5.88 Å². The lowest BCUT2D eigenvalue weighted by Gasteiger charge is -2.10. The van der Waals surface area contributed by atoms with Crippen LogP contribution in [-0.2, 0) is 11.8 Å². The van der Waals surface area contributed by atoms with Crippen molar-refractivity contribution in [3.05, 3.63) is 11.3 Å². The molecule has 6 nitrogen and oxygen atoms in total. The molecular formula is C11H16N2O4. The zero-order valence-electron chi connectivity index (χ0n) is 9.97. The molecular weight excluding hydrogens is 224 g/mol. The van der Waals surface area contributed by atoms with E-state index in [1.165, 1.54) is 4.68 Å². The van der Waals surface area contributed by atoms with Crippen LogP contribution in [0.2, 0.25) is 0 Å². The van der Waals surface area contributed by atoms with Gasteiger partial charge in [-0.15, -0.1) is 0 Å². The summed E-state index contributed by atoms with van der Waals surface area (Å²) in [6.45, 7) is 3.57. The number of rotatable bonds is 4. The molecule has 1 atom stereocenters. The molecule has 2 rings (SSSR count). The summed E-state index contributed by atoms with van der Waals surface area (Å²) in [6.07, 6.45) is 0.958. The largest absolute Gasteiger partial charge is 0.477 e. The zero-order valence-corrected chi connectivity index (χ0v) is 9.97. The Morgan fingerprint density at radius 3 is 3.06 bits per heavy atom. The van der Waals surface area contributed by atoms with Crippen molar-refractivity contribution >= 4 is 5.97 Å². The lowest BCUT2D eigenvalue weighted by Crippen LogP contribution is -2.14. The number of nitrogens with zero attached hydrogens (tertiary/aromatic N) is 2. The third-order valence-corrected chi connectivity index (χ3v) is 2.86. The Balaban J connectivity index is 2.11. The quantitative estimate of drug-likeness (QED) is 0.844. The molecule has 1 aliphatic heterocycles. The molecule has 1 aromatic heterocycles. The first-order valence-electron chi connectivity index (χ1n) is 5.57. The molecule has 94 valence electrons. The molecule has 1 saturated heterocycles. The van der Waals surface area contributed by atoms with Crippen molar-refractivity contribution in [3.63, 3.8) is 0 Å². The number of aromatic carboxylic acids is 1. The highest BCUT2D eigenvalue weighted by Gasteiger charge is 2.23. The molecule has 6 heteroatoms. The van der Waals surface area contributed by atoms with Gasteiger partial charge in [-0.1, -0.05) is 0 Å². The van der Waals surface area contributed by atoms with Crippen LogP contribution in [0.25, 0.3) is 0 Å². The highest BCUT2D eigenvalue weighted by molar-refractivity contribution is 5.91. The van der Waals surface area contributed by atoms with Crippen LogP contribution in [0.15, 0.2) is 0 Å². The number of aromatic nitrogens is 2. The predicted octanol–water partition coefficient (Wildman–Crippen LogP) is 0.842. The first kappa shape index (κ1) is 11.9. The van der Waals surface area contributed by atoms with Gasteiger partial charge in [0.25, 0.3) is 0 Å². The van der Waals surface area contributed by atoms with Crippen LogP contribution in [-0.4, -0.2) is 40.7 Å². The Labute approximate surface area is 99.1 Å². The summed E-state index contributed by atoms with van der Waals surface area (Å²) in [6, 6.07) is 0. The van der Waals surface area contributed by atoms with Crippen molar-refractivity contribution in [2.75, 3.05) is 19.8 Å². The van der Waals surface area contributed by atoms with Gasteiger partial charge in [0.15, 0.2) is 0 Å². The first-order chi connectivity index (χ1) is 8.09. The SMILES string of the molecule is Cc1nn(C)c(OCC2CCOC2)c1C(=O)O. The molecule has 0 aromatic carbocycles. The number of hydrogen-bond acceptors (Lipinski definition) is 4. The molecule has 1 N–H and O–H groups in total. The molecule has 0 aliphatic carbocycles. The monoisotopic (exact) mass is 240 g/mol. The molecule has 1 unspecified atom stereocenters. The second kappa shape index (κ2) is 4.75. The molecule has 2 heterocycles. The smallest absolute Gasteiger partial charge is 0.343 e. The average molecular weight is 240 g/mol. The molecule has 0 saturated carbocycles. The first-order valence-corrected chi connectivity index (χ1v) is 5.57. The van der Waals surface area contributed by atoms with E-state index in [1.807, 2.05) is 0 Å². The van der Waals surface area contributed by atoms with Crippen LogP contribution in [0.1, 0.15) is 22.5 Å². The van der Waals surface area contributed by atoms with Gasteiger partial charge in [0.05, 0.1) is 18.9 Å². The fourth-order valence-electron chi connectivity index (χ4n) is 1.96. The summed E-state index contributed by atoms with van der Waals surface area (Å²) in [7, 11) is 1.68.